The minimum Gasteiger partial charge on any atom is -0.507 e. The maximum atomic E-state index is 11.8. The van der Waals surface area contributed by atoms with E-state index in [0.717, 1.165) is 5.56 Å². The highest BCUT2D eigenvalue weighted by molar-refractivity contribution is 5.89. The topological polar surface area (TPSA) is 105 Å². The van der Waals surface area contributed by atoms with Crippen molar-refractivity contribution in [3.8, 4) is 45.7 Å². The molecule has 0 bridgehead atoms. The molecule has 0 amide bonds. The molecule has 2 N–H and O–H groups in total. The average Bonchev–Trinajstić information content (AvgIpc) is 2.83. The molecule has 0 aliphatic rings. The van der Waals surface area contributed by atoms with Gasteiger partial charge in [0.15, 0.2) is 17.5 Å². The fraction of sp³-hybridized carbons (Fsp3) is 0.185. The fourth-order valence-corrected chi connectivity index (χ4v) is 3.47. The molecule has 1 aromatic heterocycles. The number of aromatic hydroxyl groups is 2. The molecule has 34 heavy (non-hydrogen) atoms. The Morgan fingerprint density at radius 1 is 0.765 bits per heavy atom. The van der Waals surface area contributed by atoms with E-state index in [1.54, 1.807) is 60.7 Å². The summed E-state index contributed by atoms with van der Waals surface area (Å²) < 4.78 is 4.76. The van der Waals surface area contributed by atoms with Crippen molar-refractivity contribution in [2.24, 2.45) is 0 Å². The van der Waals surface area contributed by atoms with Crippen LogP contribution < -0.4 is 0 Å². The van der Waals surface area contributed by atoms with Gasteiger partial charge in [-0.3, -0.25) is 0 Å². The Morgan fingerprint density at radius 2 is 1.35 bits per heavy atom. The number of benzene rings is 3. The number of methoxy groups -OCH3 is 1. The normalized spacial score (nSPS) is 11.3. The molecule has 0 unspecified atom stereocenters. The summed E-state index contributed by atoms with van der Waals surface area (Å²) >= 11 is 0. The molecule has 1 heterocycles. The maximum Gasteiger partial charge on any atom is 0.337 e. The number of hydrogen-bond acceptors (Lipinski definition) is 7. The first-order valence-corrected chi connectivity index (χ1v) is 10.7. The second-order valence-electron chi connectivity index (χ2n) is 8.87. The van der Waals surface area contributed by atoms with Gasteiger partial charge in [0.2, 0.25) is 0 Å². The summed E-state index contributed by atoms with van der Waals surface area (Å²) in [7, 11) is 1.32. The lowest BCUT2D eigenvalue weighted by atomic mass is 9.86. The number of aromatic nitrogens is 3. The molecule has 0 fully saturated rings. The zero-order chi connectivity index (χ0) is 24.5. The Bertz CT molecular complexity index is 1360. The van der Waals surface area contributed by atoms with Crippen molar-refractivity contribution in [2.75, 3.05) is 7.11 Å². The molecule has 0 aliphatic carbocycles. The molecule has 0 saturated heterocycles. The molecule has 0 saturated carbocycles. The van der Waals surface area contributed by atoms with Gasteiger partial charge in [0.1, 0.15) is 11.5 Å². The van der Waals surface area contributed by atoms with Gasteiger partial charge in [0.05, 0.1) is 23.8 Å². The van der Waals surface area contributed by atoms with Gasteiger partial charge >= 0.3 is 5.97 Å². The van der Waals surface area contributed by atoms with Gasteiger partial charge < -0.3 is 14.9 Å². The molecule has 0 aliphatic heterocycles. The number of hydrogen-bond donors (Lipinski definition) is 2. The van der Waals surface area contributed by atoms with Crippen LogP contribution in [0.1, 0.15) is 36.7 Å². The molecular weight excluding hydrogens is 430 g/mol. The van der Waals surface area contributed by atoms with Crippen LogP contribution in [0.3, 0.4) is 0 Å². The second kappa shape index (κ2) is 8.94. The molecule has 0 spiro atoms. The number of phenolic OH excluding ortho intramolecular Hbond substituents is 2. The smallest absolute Gasteiger partial charge is 0.337 e. The average molecular weight is 456 g/mol. The van der Waals surface area contributed by atoms with Crippen molar-refractivity contribution in [2.45, 2.75) is 26.2 Å². The summed E-state index contributed by atoms with van der Waals surface area (Å²) in [5.74, 6) is 0.487. The first-order valence-electron chi connectivity index (χ1n) is 10.7. The van der Waals surface area contributed by atoms with Crippen LogP contribution in [-0.2, 0) is 10.2 Å². The number of carbonyl (C=O) groups is 1. The van der Waals surface area contributed by atoms with E-state index in [2.05, 4.69) is 35.7 Å². The van der Waals surface area contributed by atoms with Gasteiger partial charge in [-0.1, -0.05) is 51.1 Å². The molecule has 3 aromatic carbocycles. The van der Waals surface area contributed by atoms with E-state index in [9.17, 15) is 15.0 Å². The highest BCUT2D eigenvalue weighted by Crippen LogP contribution is 2.35. The zero-order valence-electron chi connectivity index (χ0n) is 19.4. The van der Waals surface area contributed by atoms with Gasteiger partial charge in [-0.15, -0.1) is 0 Å². The quantitative estimate of drug-likeness (QED) is 0.399. The van der Waals surface area contributed by atoms with Crippen molar-refractivity contribution >= 4 is 5.97 Å². The summed E-state index contributed by atoms with van der Waals surface area (Å²) in [6, 6.07) is 18.9. The van der Waals surface area contributed by atoms with E-state index >= 15 is 0 Å². The highest BCUT2D eigenvalue weighted by atomic mass is 16.5. The van der Waals surface area contributed by atoms with Crippen molar-refractivity contribution in [1.29, 1.82) is 0 Å². The van der Waals surface area contributed by atoms with Gasteiger partial charge in [-0.2, -0.15) is 0 Å². The van der Waals surface area contributed by atoms with E-state index in [-0.39, 0.29) is 28.6 Å². The Morgan fingerprint density at radius 3 is 1.91 bits per heavy atom. The fourth-order valence-electron chi connectivity index (χ4n) is 3.47. The predicted octanol–water partition coefficient (Wildman–Crippen LogP) is 5.37. The van der Waals surface area contributed by atoms with E-state index in [4.69, 9.17) is 4.74 Å². The third-order valence-corrected chi connectivity index (χ3v) is 5.45. The zero-order valence-corrected chi connectivity index (χ0v) is 19.4. The van der Waals surface area contributed by atoms with Crippen LogP contribution in [0.4, 0.5) is 0 Å². The van der Waals surface area contributed by atoms with E-state index < -0.39 is 5.97 Å². The largest absolute Gasteiger partial charge is 0.507 e. The molecule has 7 nitrogen and oxygen atoms in total. The molecule has 4 aromatic rings. The van der Waals surface area contributed by atoms with Crippen LogP contribution in [0, 0.1) is 0 Å². The van der Waals surface area contributed by atoms with E-state index in [0.29, 0.717) is 28.1 Å². The van der Waals surface area contributed by atoms with Gasteiger partial charge in [0.25, 0.3) is 0 Å². The first-order chi connectivity index (χ1) is 16.2. The first kappa shape index (κ1) is 22.9. The Hall–Kier alpha value is -4.26. The lowest BCUT2D eigenvalue weighted by molar-refractivity contribution is 0.0600. The van der Waals surface area contributed by atoms with Gasteiger partial charge in [0, 0.05) is 5.56 Å². The number of phenols is 2. The number of ether oxygens (including phenoxy) is 1. The van der Waals surface area contributed by atoms with Crippen LogP contribution in [-0.4, -0.2) is 38.2 Å². The summed E-state index contributed by atoms with van der Waals surface area (Å²) in [5.41, 5.74) is 2.75. The minimum atomic E-state index is -0.443. The SMILES string of the molecule is COC(=O)c1ccc(-c2nc(-c3ccccc3O)nc(-c3ccc(C(C)(C)C)cc3O)n2)cc1. The summed E-state index contributed by atoms with van der Waals surface area (Å²) in [4.78, 5) is 25.5. The van der Waals surface area contributed by atoms with Gasteiger partial charge in [-0.05, 0) is 47.4 Å². The molecule has 7 heteroatoms. The maximum absolute atomic E-state index is 11.8. The van der Waals surface area contributed by atoms with E-state index in [1.165, 1.54) is 7.11 Å². The van der Waals surface area contributed by atoms with Crippen LogP contribution in [0.25, 0.3) is 34.2 Å². The highest BCUT2D eigenvalue weighted by Gasteiger charge is 2.19. The van der Waals surface area contributed by atoms with Crippen LogP contribution in [0.15, 0.2) is 66.7 Å². The number of nitrogens with zero attached hydrogens (tertiary/aromatic N) is 3. The van der Waals surface area contributed by atoms with Crippen molar-refractivity contribution in [3.05, 3.63) is 77.9 Å². The van der Waals surface area contributed by atoms with E-state index in [1.807, 2.05) is 6.07 Å². The minimum absolute atomic E-state index is 0.0268. The lowest BCUT2D eigenvalue weighted by Crippen LogP contribution is -2.10. The Balaban J connectivity index is 1.88. The second-order valence-corrected chi connectivity index (χ2v) is 8.87. The summed E-state index contributed by atoms with van der Waals surface area (Å²) in [5, 5.41) is 21.2. The standard InChI is InChI=1S/C27H25N3O4/c1-27(2,3)18-13-14-20(22(32)15-18)25-29-23(16-9-11-17(12-10-16)26(33)34-4)28-24(30-25)19-7-5-6-8-21(19)31/h5-15,31-32H,1-4H3. The van der Waals surface area contributed by atoms with Crippen molar-refractivity contribution in [1.82, 2.24) is 15.0 Å². The monoisotopic (exact) mass is 455 g/mol. The van der Waals surface area contributed by atoms with Crippen molar-refractivity contribution in [3.63, 3.8) is 0 Å². The molecule has 172 valence electrons. The van der Waals surface area contributed by atoms with Crippen molar-refractivity contribution < 1.29 is 19.7 Å². The van der Waals surface area contributed by atoms with Crippen LogP contribution in [0.5, 0.6) is 11.5 Å². The Kier molecular flexibility index (Phi) is 6.03. The third kappa shape index (κ3) is 4.59. The summed E-state index contributed by atoms with van der Waals surface area (Å²) in [6.45, 7) is 6.20. The molecule has 0 radical (unpaired) electrons. The predicted molar refractivity (Wildman–Crippen MR) is 130 cm³/mol. The number of esters is 1. The lowest BCUT2D eigenvalue weighted by Gasteiger charge is -2.20. The number of carbonyl (C=O) groups excluding carboxylic acids is 1. The van der Waals surface area contributed by atoms with Crippen LogP contribution >= 0.6 is 0 Å². The number of rotatable bonds is 4. The molecule has 4 rings (SSSR count). The Labute approximate surface area is 197 Å². The number of para-hydroxylation sites is 1. The molecular formula is C27H25N3O4. The third-order valence-electron chi connectivity index (χ3n) is 5.45. The summed E-state index contributed by atoms with van der Waals surface area (Å²) in [6.07, 6.45) is 0. The molecule has 0 atom stereocenters. The van der Waals surface area contributed by atoms with Crippen LogP contribution in [0.2, 0.25) is 0 Å². The van der Waals surface area contributed by atoms with Gasteiger partial charge in [-0.25, -0.2) is 19.7 Å².